The molecule has 0 amide bonds. The summed E-state index contributed by atoms with van der Waals surface area (Å²) in [5.41, 5.74) is 20.5. The normalized spacial score (nSPS) is 15.4. The van der Waals surface area contributed by atoms with Crippen molar-refractivity contribution in [1.82, 2.24) is 4.57 Å². The summed E-state index contributed by atoms with van der Waals surface area (Å²) in [5, 5.41) is 7.29. The number of aromatic nitrogens is 1. The summed E-state index contributed by atoms with van der Waals surface area (Å²) in [6.07, 6.45) is 2.33. The van der Waals surface area contributed by atoms with Crippen LogP contribution in [0.2, 0.25) is 0 Å². The van der Waals surface area contributed by atoms with E-state index in [9.17, 15) is 0 Å². The van der Waals surface area contributed by atoms with Gasteiger partial charge in [0, 0.05) is 66.6 Å². The summed E-state index contributed by atoms with van der Waals surface area (Å²) in [6.45, 7) is 12.0. The number of fused-ring (bicyclic) bond motifs is 14. The van der Waals surface area contributed by atoms with E-state index in [2.05, 4.69) is 225 Å². The lowest BCUT2D eigenvalue weighted by atomic mass is 9.43. The molecule has 0 fully saturated rings. The summed E-state index contributed by atoms with van der Waals surface area (Å²) < 4.78 is 9.79. The van der Waals surface area contributed by atoms with Crippen LogP contribution < -0.4 is 20.6 Å². The molecule has 11 aromatic rings. The van der Waals surface area contributed by atoms with Gasteiger partial charge in [0.2, 0.25) is 0 Å². The lowest BCUT2D eigenvalue weighted by Crippen LogP contribution is -2.60. The van der Waals surface area contributed by atoms with Gasteiger partial charge in [-0.15, -0.1) is 0 Å². The van der Waals surface area contributed by atoms with Crippen molar-refractivity contribution >= 4 is 101 Å². The Hall–Kier alpha value is -7.50. The van der Waals surface area contributed by atoms with E-state index in [4.69, 9.17) is 4.42 Å². The second-order valence-corrected chi connectivity index (χ2v) is 20.4. The average Bonchev–Trinajstić information content (AvgIpc) is 3.90. The molecule has 0 N–H and O–H groups in total. The number of anilines is 5. The summed E-state index contributed by atoms with van der Waals surface area (Å²) >= 11 is 0. The molecule has 0 saturated heterocycles. The number of aryl methyl sites for hydroxylation is 1. The molecule has 4 heterocycles. The summed E-state index contributed by atoms with van der Waals surface area (Å²) in [6, 6.07) is 65.6. The fraction of sp³-hybridized carbons (Fsp3) is 0.148. The largest absolute Gasteiger partial charge is 0.455 e. The zero-order valence-corrected chi connectivity index (χ0v) is 38.0. The topological polar surface area (TPSA) is 24.6 Å². The van der Waals surface area contributed by atoms with Crippen LogP contribution in [0.15, 0.2) is 180 Å². The Balaban J connectivity index is 1.19. The summed E-state index contributed by atoms with van der Waals surface area (Å²) in [4.78, 5) is 5.14. The van der Waals surface area contributed by atoms with Gasteiger partial charge in [-0.25, -0.2) is 0 Å². The SMILES string of the molecule is Cc1cc2c(cc1N1B3c4c(cc(N(c5ccccc5)c5ccccc5)cc4-n4c5c3cccc5c3ccc5ccccc5c34)-c3c1ccc1c3oc3ccccc31)C(C)(C)CCC2(C)C. The summed E-state index contributed by atoms with van der Waals surface area (Å²) in [7, 11) is 0. The molecule has 0 unspecified atom stereocenters. The number of nitrogens with zero attached hydrogens (tertiary/aromatic N) is 3. The zero-order valence-electron chi connectivity index (χ0n) is 38.0. The molecule has 0 atom stereocenters. The molecule has 9 aromatic carbocycles. The van der Waals surface area contributed by atoms with Crippen molar-refractivity contribution in [2.24, 2.45) is 0 Å². The Kier molecular flexibility index (Phi) is 7.62. The maximum absolute atomic E-state index is 7.16. The minimum atomic E-state index is -0.136. The third kappa shape index (κ3) is 5.06. The van der Waals surface area contributed by atoms with Crippen molar-refractivity contribution in [1.29, 1.82) is 0 Å². The van der Waals surface area contributed by atoms with E-state index in [-0.39, 0.29) is 17.7 Å². The minimum Gasteiger partial charge on any atom is -0.455 e. The standard InChI is InChI=1S/C61H48BN3O/c1-37-33-48-49(61(4,5)32-31-60(48,2)3)36-52(37)65-51-30-29-46-43-23-14-15-26-54(43)66-59(46)55(51)47-34-41(63(39-18-8-6-9-19-39)40-20-10-7-11-21-40)35-53-56(47)62(65)50-25-16-24-44-45-28-27-38-17-12-13-22-42(38)57(45)64(53)58(44)50/h6-30,33-36H,31-32H2,1-5H3. The van der Waals surface area contributed by atoms with E-state index in [0.717, 1.165) is 56.7 Å². The Morgan fingerprint density at radius 3 is 1.91 bits per heavy atom. The predicted octanol–water partition coefficient (Wildman–Crippen LogP) is 15.2. The van der Waals surface area contributed by atoms with Gasteiger partial charge in [-0.05, 0) is 130 Å². The Bertz CT molecular complexity index is 3820. The molecule has 0 saturated carbocycles. The van der Waals surface area contributed by atoms with Gasteiger partial charge in [-0.1, -0.05) is 143 Å². The van der Waals surface area contributed by atoms with Crippen molar-refractivity contribution in [3.8, 4) is 16.8 Å². The van der Waals surface area contributed by atoms with E-state index in [1.54, 1.807) is 0 Å². The second kappa shape index (κ2) is 13.3. The van der Waals surface area contributed by atoms with Crippen molar-refractivity contribution in [2.75, 3.05) is 9.71 Å². The molecule has 2 aromatic heterocycles. The number of hydrogen-bond donors (Lipinski definition) is 0. The first kappa shape index (κ1) is 37.8. The lowest BCUT2D eigenvalue weighted by molar-refractivity contribution is 0.332. The highest BCUT2D eigenvalue weighted by molar-refractivity contribution is 6.93. The molecule has 0 radical (unpaired) electrons. The van der Waals surface area contributed by atoms with Crippen LogP contribution in [0.25, 0.3) is 71.3 Å². The van der Waals surface area contributed by atoms with Crippen LogP contribution in [-0.2, 0) is 10.8 Å². The minimum absolute atomic E-state index is 0.0327. The van der Waals surface area contributed by atoms with E-state index in [1.807, 2.05) is 0 Å². The van der Waals surface area contributed by atoms with Gasteiger partial charge in [-0.2, -0.15) is 0 Å². The maximum Gasteiger partial charge on any atom is 0.333 e. The van der Waals surface area contributed by atoms with Crippen LogP contribution in [0.3, 0.4) is 0 Å². The van der Waals surface area contributed by atoms with Gasteiger partial charge in [-0.3, -0.25) is 0 Å². The molecule has 316 valence electrons. The van der Waals surface area contributed by atoms with Gasteiger partial charge in [0.1, 0.15) is 11.2 Å². The van der Waals surface area contributed by atoms with Crippen molar-refractivity contribution < 1.29 is 4.42 Å². The maximum atomic E-state index is 7.16. The number of benzene rings is 9. The van der Waals surface area contributed by atoms with Crippen LogP contribution in [0.1, 0.15) is 57.2 Å². The number of rotatable bonds is 4. The monoisotopic (exact) mass is 849 g/mol. The van der Waals surface area contributed by atoms with E-state index < -0.39 is 0 Å². The Labute approximate surface area is 385 Å². The van der Waals surface area contributed by atoms with Crippen molar-refractivity contribution in [3.05, 3.63) is 193 Å². The van der Waals surface area contributed by atoms with Gasteiger partial charge in [0.15, 0.2) is 0 Å². The first-order valence-electron chi connectivity index (χ1n) is 23.6. The van der Waals surface area contributed by atoms with E-state index >= 15 is 0 Å². The highest BCUT2D eigenvalue weighted by Gasteiger charge is 2.47. The molecule has 4 nitrogen and oxygen atoms in total. The quantitative estimate of drug-likeness (QED) is 0.165. The molecule has 0 spiro atoms. The zero-order chi connectivity index (χ0) is 44.2. The van der Waals surface area contributed by atoms with Crippen LogP contribution in [-0.4, -0.2) is 11.4 Å². The molecule has 66 heavy (non-hydrogen) atoms. The summed E-state index contributed by atoms with van der Waals surface area (Å²) in [5.74, 6) is 0. The molecular weight excluding hydrogens is 802 g/mol. The van der Waals surface area contributed by atoms with E-state index in [0.29, 0.717) is 0 Å². The highest BCUT2D eigenvalue weighted by atomic mass is 16.3. The van der Waals surface area contributed by atoms with Gasteiger partial charge >= 0.3 is 6.85 Å². The number of para-hydroxylation sites is 4. The molecule has 5 heteroatoms. The van der Waals surface area contributed by atoms with Gasteiger partial charge < -0.3 is 18.7 Å². The first-order chi connectivity index (χ1) is 32.2. The first-order valence-corrected chi connectivity index (χ1v) is 23.6. The molecule has 1 aliphatic carbocycles. The number of furan rings is 1. The van der Waals surface area contributed by atoms with Crippen LogP contribution >= 0.6 is 0 Å². The van der Waals surface area contributed by atoms with Crippen molar-refractivity contribution in [3.63, 3.8) is 0 Å². The third-order valence-electron chi connectivity index (χ3n) is 15.7. The van der Waals surface area contributed by atoms with Crippen LogP contribution in [0.4, 0.5) is 28.4 Å². The number of hydrogen-bond acceptors (Lipinski definition) is 3. The highest BCUT2D eigenvalue weighted by Crippen LogP contribution is 2.54. The predicted molar refractivity (Wildman–Crippen MR) is 279 cm³/mol. The smallest absolute Gasteiger partial charge is 0.333 e. The van der Waals surface area contributed by atoms with Crippen molar-refractivity contribution in [2.45, 2.75) is 58.3 Å². The third-order valence-corrected chi connectivity index (χ3v) is 15.7. The molecule has 14 rings (SSSR count). The van der Waals surface area contributed by atoms with Gasteiger partial charge in [0.25, 0.3) is 0 Å². The fourth-order valence-corrected chi connectivity index (χ4v) is 12.4. The van der Waals surface area contributed by atoms with Crippen LogP contribution in [0.5, 0.6) is 0 Å². The molecular formula is C61H48BN3O. The second-order valence-electron chi connectivity index (χ2n) is 20.4. The van der Waals surface area contributed by atoms with E-state index in [1.165, 1.54) is 83.6 Å². The Morgan fingerprint density at radius 1 is 0.515 bits per heavy atom. The average molecular weight is 850 g/mol. The fourth-order valence-electron chi connectivity index (χ4n) is 12.4. The molecule has 0 bridgehead atoms. The van der Waals surface area contributed by atoms with Gasteiger partial charge in [0.05, 0.1) is 11.0 Å². The lowest BCUT2D eigenvalue weighted by Gasteiger charge is -2.46. The van der Waals surface area contributed by atoms with Crippen LogP contribution in [0, 0.1) is 6.92 Å². The molecule has 2 aliphatic heterocycles. The molecule has 3 aliphatic rings. The Morgan fingerprint density at radius 2 is 1.15 bits per heavy atom.